The molecule has 0 spiro atoms. The predicted molar refractivity (Wildman–Crippen MR) is 79.9 cm³/mol. The van der Waals surface area contributed by atoms with Gasteiger partial charge in [0.15, 0.2) is 5.78 Å². The number of carbonyl (C=O) groups is 1. The van der Waals surface area contributed by atoms with Crippen molar-refractivity contribution in [1.82, 2.24) is 0 Å². The summed E-state index contributed by atoms with van der Waals surface area (Å²) < 4.78 is 6.18. The molecule has 0 bridgehead atoms. The second kappa shape index (κ2) is 6.02. The first-order valence-corrected chi connectivity index (χ1v) is 6.81. The van der Waals surface area contributed by atoms with Crippen molar-refractivity contribution in [1.29, 1.82) is 0 Å². The Kier molecular flexibility index (Phi) is 4.38. The van der Waals surface area contributed by atoms with E-state index in [0.717, 1.165) is 26.9 Å². The van der Waals surface area contributed by atoms with E-state index in [4.69, 9.17) is 4.74 Å². The Morgan fingerprint density at radius 1 is 1.21 bits per heavy atom. The molecule has 2 aromatic rings. The number of methoxy groups -OCH3 is 1. The third-order valence-corrected chi connectivity index (χ3v) is 3.87. The second-order valence-corrected chi connectivity index (χ2v) is 5.27. The molecule has 2 nitrogen and oxygen atoms in total. The van der Waals surface area contributed by atoms with Gasteiger partial charge in [-0.1, -0.05) is 34.1 Å². The van der Waals surface area contributed by atoms with Crippen LogP contribution in [0.25, 0.3) is 0 Å². The van der Waals surface area contributed by atoms with E-state index in [1.807, 2.05) is 49.4 Å². The van der Waals surface area contributed by atoms with Crippen molar-refractivity contribution >= 4 is 21.7 Å². The Hall–Kier alpha value is -1.61. The minimum atomic E-state index is 0.115. The van der Waals surface area contributed by atoms with Crippen LogP contribution < -0.4 is 4.74 Å². The smallest absolute Gasteiger partial charge is 0.167 e. The van der Waals surface area contributed by atoms with Crippen molar-refractivity contribution in [2.24, 2.45) is 0 Å². The molecule has 0 aromatic heterocycles. The molecule has 0 aliphatic heterocycles. The van der Waals surface area contributed by atoms with Gasteiger partial charge < -0.3 is 4.74 Å². The van der Waals surface area contributed by atoms with Crippen molar-refractivity contribution in [3.8, 4) is 5.75 Å². The van der Waals surface area contributed by atoms with Crippen molar-refractivity contribution in [2.75, 3.05) is 7.11 Å². The van der Waals surface area contributed by atoms with Crippen LogP contribution in [0.4, 0.5) is 0 Å². The molecule has 0 unspecified atom stereocenters. The lowest BCUT2D eigenvalue weighted by Gasteiger charge is -2.06. The van der Waals surface area contributed by atoms with Gasteiger partial charge in [-0.05, 0) is 42.3 Å². The van der Waals surface area contributed by atoms with Crippen LogP contribution >= 0.6 is 15.9 Å². The van der Waals surface area contributed by atoms with Crippen molar-refractivity contribution < 1.29 is 9.53 Å². The maximum atomic E-state index is 12.2. The highest BCUT2D eigenvalue weighted by molar-refractivity contribution is 9.10. The predicted octanol–water partition coefficient (Wildman–Crippen LogP) is 4.19. The van der Waals surface area contributed by atoms with E-state index >= 15 is 0 Å². The number of rotatable bonds is 4. The summed E-state index contributed by atoms with van der Waals surface area (Å²) in [6.07, 6.45) is 0.387. The number of hydrogen-bond acceptors (Lipinski definition) is 2. The molecule has 0 fully saturated rings. The molecule has 0 N–H and O–H groups in total. The van der Waals surface area contributed by atoms with Crippen LogP contribution in [0.15, 0.2) is 46.9 Å². The number of hydrogen-bond donors (Lipinski definition) is 0. The average Bonchev–Trinajstić information content (AvgIpc) is 2.42. The molecule has 0 heterocycles. The first-order valence-electron chi connectivity index (χ1n) is 6.02. The van der Waals surface area contributed by atoms with Crippen molar-refractivity contribution in [3.05, 3.63) is 63.6 Å². The zero-order valence-electron chi connectivity index (χ0n) is 10.9. The lowest BCUT2D eigenvalue weighted by Crippen LogP contribution is -2.04. The van der Waals surface area contributed by atoms with Gasteiger partial charge in [0.05, 0.1) is 7.11 Å². The highest BCUT2D eigenvalue weighted by atomic mass is 79.9. The number of benzene rings is 2. The third kappa shape index (κ3) is 3.44. The van der Waals surface area contributed by atoms with Crippen LogP contribution in [-0.4, -0.2) is 12.9 Å². The molecule has 0 saturated carbocycles. The summed E-state index contributed by atoms with van der Waals surface area (Å²) in [6, 6.07) is 13.3. The molecule has 3 heteroatoms. The second-order valence-electron chi connectivity index (χ2n) is 4.42. The van der Waals surface area contributed by atoms with Gasteiger partial charge in [0, 0.05) is 16.5 Å². The van der Waals surface area contributed by atoms with Crippen LogP contribution in [-0.2, 0) is 6.42 Å². The quantitative estimate of drug-likeness (QED) is 0.790. The number of carbonyl (C=O) groups excluding carboxylic acids is 1. The number of aryl methyl sites for hydroxylation is 1. The molecular weight excluding hydrogens is 304 g/mol. The lowest BCUT2D eigenvalue weighted by molar-refractivity contribution is 0.0993. The van der Waals surface area contributed by atoms with E-state index < -0.39 is 0 Å². The maximum absolute atomic E-state index is 12.2. The van der Waals surface area contributed by atoms with Crippen LogP contribution in [0.3, 0.4) is 0 Å². The van der Waals surface area contributed by atoms with Crippen LogP contribution in [0.1, 0.15) is 21.5 Å². The Balaban J connectivity index is 2.18. The van der Waals surface area contributed by atoms with E-state index in [0.29, 0.717) is 6.42 Å². The number of ketones is 1. The Labute approximate surface area is 121 Å². The standard InChI is InChI=1S/C16H15BrO2/c1-11-8-13(6-7-15(11)17)16(18)10-12-4-3-5-14(9-12)19-2/h3-9H,10H2,1-2H3. The first-order chi connectivity index (χ1) is 9.10. The minimum absolute atomic E-state index is 0.115. The Morgan fingerprint density at radius 2 is 2.00 bits per heavy atom. The summed E-state index contributed by atoms with van der Waals surface area (Å²) in [4.78, 5) is 12.2. The van der Waals surface area contributed by atoms with E-state index in [1.165, 1.54) is 0 Å². The summed E-state index contributed by atoms with van der Waals surface area (Å²) in [5.41, 5.74) is 2.77. The maximum Gasteiger partial charge on any atom is 0.167 e. The van der Waals surface area contributed by atoms with E-state index in [2.05, 4.69) is 15.9 Å². The molecule has 0 amide bonds. The summed E-state index contributed by atoms with van der Waals surface area (Å²) >= 11 is 3.44. The molecule has 0 radical (unpaired) electrons. The molecular formula is C16H15BrO2. The van der Waals surface area contributed by atoms with Crippen molar-refractivity contribution in [3.63, 3.8) is 0 Å². The first kappa shape index (κ1) is 13.8. The van der Waals surface area contributed by atoms with Crippen LogP contribution in [0, 0.1) is 6.92 Å². The third-order valence-electron chi connectivity index (χ3n) is 2.98. The average molecular weight is 319 g/mol. The molecule has 98 valence electrons. The van der Waals surface area contributed by atoms with Gasteiger partial charge in [0.2, 0.25) is 0 Å². The zero-order chi connectivity index (χ0) is 13.8. The normalized spacial score (nSPS) is 10.3. The van der Waals surface area contributed by atoms with Gasteiger partial charge in [-0.25, -0.2) is 0 Å². The molecule has 0 saturated heterocycles. The molecule has 2 aromatic carbocycles. The van der Waals surface area contributed by atoms with Gasteiger partial charge in [0.25, 0.3) is 0 Å². The largest absolute Gasteiger partial charge is 0.497 e. The fraction of sp³-hybridized carbons (Fsp3) is 0.188. The topological polar surface area (TPSA) is 26.3 Å². The Morgan fingerprint density at radius 3 is 2.68 bits per heavy atom. The number of Topliss-reactive ketones (excluding diaryl/α,β-unsaturated/α-hetero) is 1. The summed E-state index contributed by atoms with van der Waals surface area (Å²) in [5, 5.41) is 0. The minimum Gasteiger partial charge on any atom is -0.497 e. The monoisotopic (exact) mass is 318 g/mol. The van der Waals surface area contributed by atoms with E-state index in [9.17, 15) is 4.79 Å². The van der Waals surface area contributed by atoms with Crippen LogP contribution in [0.2, 0.25) is 0 Å². The van der Waals surface area contributed by atoms with Gasteiger partial charge >= 0.3 is 0 Å². The van der Waals surface area contributed by atoms with E-state index in [1.54, 1.807) is 7.11 Å². The molecule has 0 atom stereocenters. The molecule has 0 aliphatic rings. The van der Waals surface area contributed by atoms with Crippen molar-refractivity contribution in [2.45, 2.75) is 13.3 Å². The molecule has 19 heavy (non-hydrogen) atoms. The SMILES string of the molecule is COc1cccc(CC(=O)c2ccc(Br)c(C)c2)c1. The van der Waals surface area contributed by atoms with Gasteiger partial charge in [-0.15, -0.1) is 0 Å². The van der Waals surface area contributed by atoms with Gasteiger partial charge in [-0.2, -0.15) is 0 Å². The van der Waals surface area contributed by atoms with Gasteiger partial charge in [0.1, 0.15) is 5.75 Å². The molecule has 2 rings (SSSR count). The lowest BCUT2D eigenvalue weighted by atomic mass is 10.0. The van der Waals surface area contributed by atoms with E-state index in [-0.39, 0.29) is 5.78 Å². The number of ether oxygens (including phenoxy) is 1. The van der Waals surface area contributed by atoms with Crippen LogP contribution in [0.5, 0.6) is 5.75 Å². The van der Waals surface area contributed by atoms with Gasteiger partial charge in [-0.3, -0.25) is 4.79 Å². The highest BCUT2D eigenvalue weighted by Crippen LogP contribution is 2.19. The zero-order valence-corrected chi connectivity index (χ0v) is 12.5. The fourth-order valence-electron chi connectivity index (χ4n) is 1.89. The number of halogens is 1. The summed E-state index contributed by atoms with van der Waals surface area (Å²) in [5.74, 6) is 0.890. The highest BCUT2D eigenvalue weighted by Gasteiger charge is 2.09. The summed E-state index contributed by atoms with van der Waals surface area (Å²) in [6.45, 7) is 1.98. The fourth-order valence-corrected chi connectivity index (χ4v) is 2.13. The molecule has 0 aliphatic carbocycles. The Bertz CT molecular complexity index is 605. The summed E-state index contributed by atoms with van der Waals surface area (Å²) in [7, 11) is 1.62.